The van der Waals surface area contributed by atoms with Gasteiger partial charge >= 0.3 is 0 Å². The fraction of sp³-hybridized carbons (Fsp3) is 0.381. The third kappa shape index (κ3) is 5.32. The molecule has 0 aromatic heterocycles. The summed E-state index contributed by atoms with van der Waals surface area (Å²) in [5, 5.41) is 3.08. The van der Waals surface area contributed by atoms with Crippen molar-refractivity contribution in [2.75, 3.05) is 10.6 Å². The molecule has 2 aromatic rings. The predicted molar refractivity (Wildman–Crippen MR) is 108 cm³/mol. The van der Waals surface area contributed by atoms with E-state index in [1.165, 1.54) is 17.0 Å². The molecule has 0 atom stereocenters. The third-order valence-electron chi connectivity index (χ3n) is 4.93. The largest absolute Gasteiger partial charge is 0.349 e. The van der Waals surface area contributed by atoms with Gasteiger partial charge in [-0.2, -0.15) is 0 Å². The van der Waals surface area contributed by atoms with E-state index in [2.05, 4.69) is 5.32 Å². The van der Waals surface area contributed by atoms with Crippen LogP contribution in [0.4, 0.5) is 5.69 Å². The lowest BCUT2D eigenvalue weighted by Crippen LogP contribution is -2.36. The summed E-state index contributed by atoms with van der Waals surface area (Å²) in [6.07, 6.45) is 6.81. The van der Waals surface area contributed by atoms with Gasteiger partial charge in [-0.25, -0.2) is 8.42 Å². The number of nitrogens with zero attached hydrogens (tertiary/aromatic N) is 1. The van der Waals surface area contributed by atoms with Gasteiger partial charge in [-0.1, -0.05) is 49.6 Å². The zero-order valence-corrected chi connectivity index (χ0v) is 16.4. The quantitative estimate of drug-likeness (QED) is 0.823. The molecule has 1 fully saturated rings. The number of hydrogen-bond donors (Lipinski definition) is 1. The molecule has 6 heteroatoms. The highest BCUT2D eigenvalue weighted by atomic mass is 32.2. The van der Waals surface area contributed by atoms with Crippen molar-refractivity contribution in [3.8, 4) is 0 Å². The van der Waals surface area contributed by atoms with Crippen LogP contribution in [0.25, 0.3) is 0 Å². The summed E-state index contributed by atoms with van der Waals surface area (Å²) in [6, 6.07) is 16.5. The number of carbonyl (C=O) groups excluding carboxylic acids is 1. The van der Waals surface area contributed by atoms with Crippen molar-refractivity contribution < 1.29 is 13.2 Å². The lowest BCUT2D eigenvalue weighted by molar-refractivity contribution is 0.0927. The molecule has 0 saturated heterocycles. The smallest absolute Gasteiger partial charge is 0.251 e. The lowest BCUT2D eigenvalue weighted by atomic mass is 9.95. The predicted octanol–water partition coefficient (Wildman–Crippen LogP) is 3.72. The van der Waals surface area contributed by atoms with E-state index in [-0.39, 0.29) is 18.5 Å². The number of benzene rings is 2. The van der Waals surface area contributed by atoms with Crippen molar-refractivity contribution in [3.05, 3.63) is 65.7 Å². The van der Waals surface area contributed by atoms with E-state index in [9.17, 15) is 13.2 Å². The molecule has 27 heavy (non-hydrogen) atoms. The molecule has 0 unspecified atom stereocenters. The topological polar surface area (TPSA) is 66.5 Å². The standard InChI is InChI=1S/C21H26N2O3S/c1-27(25,26)23(16-17-8-4-2-5-9-17)20-14-12-18(13-15-20)21(24)22-19-10-6-3-7-11-19/h2,4-5,8-9,12-15,19H,3,6-7,10-11,16H2,1H3,(H,22,24). The zero-order valence-electron chi connectivity index (χ0n) is 15.6. The van der Waals surface area contributed by atoms with E-state index in [1.807, 2.05) is 30.3 Å². The average Bonchev–Trinajstić information content (AvgIpc) is 2.67. The van der Waals surface area contributed by atoms with E-state index < -0.39 is 10.0 Å². The second kappa shape index (κ2) is 8.57. The summed E-state index contributed by atoms with van der Waals surface area (Å²) in [7, 11) is -3.44. The fourth-order valence-corrected chi connectivity index (χ4v) is 4.33. The third-order valence-corrected chi connectivity index (χ3v) is 6.07. The number of carbonyl (C=O) groups is 1. The molecule has 1 aliphatic rings. The van der Waals surface area contributed by atoms with Gasteiger partial charge in [0.1, 0.15) is 0 Å². The number of rotatable bonds is 6. The van der Waals surface area contributed by atoms with Crippen molar-refractivity contribution in [2.24, 2.45) is 0 Å². The van der Waals surface area contributed by atoms with Crippen molar-refractivity contribution in [1.82, 2.24) is 5.32 Å². The van der Waals surface area contributed by atoms with Gasteiger partial charge < -0.3 is 5.32 Å². The second-order valence-electron chi connectivity index (χ2n) is 7.11. The van der Waals surface area contributed by atoms with Crippen LogP contribution in [0.3, 0.4) is 0 Å². The Balaban J connectivity index is 1.74. The molecule has 1 saturated carbocycles. The zero-order chi connectivity index (χ0) is 19.3. The molecular weight excluding hydrogens is 360 g/mol. The highest BCUT2D eigenvalue weighted by Gasteiger charge is 2.20. The molecule has 144 valence electrons. The van der Waals surface area contributed by atoms with Crippen LogP contribution in [0, 0.1) is 0 Å². The summed E-state index contributed by atoms with van der Waals surface area (Å²) >= 11 is 0. The van der Waals surface area contributed by atoms with Crippen LogP contribution < -0.4 is 9.62 Å². The first-order valence-corrected chi connectivity index (χ1v) is 11.2. The van der Waals surface area contributed by atoms with E-state index in [1.54, 1.807) is 24.3 Å². The Bertz CT molecular complexity index is 858. The summed E-state index contributed by atoms with van der Waals surface area (Å²) in [4.78, 5) is 12.4. The van der Waals surface area contributed by atoms with Crippen LogP contribution in [-0.2, 0) is 16.6 Å². The highest BCUT2D eigenvalue weighted by Crippen LogP contribution is 2.22. The monoisotopic (exact) mass is 386 g/mol. The van der Waals surface area contributed by atoms with Gasteiger partial charge in [-0.15, -0.1) is 0 Å². The van der Waals surface area contributed by atoms with Gasteiger partial charge in [0.25, 0.3) is 5.91 Å². The molecule has 5 nitrogen and oxygen atoms in total. The molecule has 1 amide bonds. The summed E-state index contributed by atoms with van der Waals surface area (Å²) in [5.41, 5.74) is 2.01. The number of nitrogens with one attached hydrogen (secondary N) is 1. The molecule has 0 aliphatic heterocycles. The molecular formula is C21H26N2O3S. The Hall–Kier alpha value is -2.34. The highest BCUT2D eigenvalue weighted by molar-refractivity contribution is 7.92. The SMILES string of the molecule is CS(=O)(=O)N(Cc1ccccc1)c1ccc(C(=O)NC2CCCCC2)cc1. The van der Waals surface area contributed by atoms with Gasteiger partial charge in [0.05, 0.1) is 18.5 Å². The van der Waals surface area contributed by atoms with Gasteiger partial charge in [-0.05, 0) is 42.7 Å². The van der Waals surface area contributed by atoms with Crippen LogP contribution in [0.15, 0.2) is 54.6 Å². The number of sulfonamides is 1. The maximum absolute atomic E-state index is 12.4. The first-order chi connectivity index (χ1) is 12.9. The van der Waals surface area contributed by atoms with E-state index >= 15 is 0 Å². The van der Waals surface area contributed by atoms with E-state index in [4.69, 9.17) is 0 Å². The van der Waals surface area contributed by atoms with Crippen molar-refractivity contribution in [2.45, 2.75) is 44.7 Å². The lowest BCUT2D eigenvalue weighted by Gasteiger charge is -2.24. The summed E-state index contributed by atoms with van der Waals surface area (Å²) < 4.78 is 25.9. The van der Waals surface area contributed by atoms with Gasteiger partial charge in [0, 0.05) is 11.6 Å². The van der Waals surface area contributed by atoms with Crippen LogP contribution in [0.1, 0.15) is 48.0 Å². The maximum atomic E-state index is 12.4. The molecule has 0 heterocycles. The molecule has 3 rings (SSSR count). The molecule has 0 spiro atoms. The van der Waals surface area contributed by atoms with Crippen molar-refractivity contribution in [1.29, 1.82) is 0 Å². The van der Waals surface area contributed by atoms with Crippen LogP contribution in [0.5, 0.6) is 0 Å². The Kier molecular flexibility index (Phi) is 6.16. The number of hydrogen-bond acceptors (Lipinski definition) is 3. The minimum atomic E-state index is -3.44. The molecule has 0 bridgehead atoms. The van der Waals surface area contributed by atoms with E-state index in [0.717, 1.165) is 31.2 Å². The van der Waals surface area contributed by atoms with Crippen LogP contribution >= 0.6 is 0 Å². The minimum Gasteiger partial charge on any atom is -0.349 e. The molecule has 0 radical (unpaired) electrons. The van der Waals surface area contributed by atoms with Crippen LogP contribution in [0.2, 0.25) is 0 Å². The van der Waals surface area contributed by atoms with Crippen LogP contribution in [-0.4, -0.2) is 26.6 Å². The van der Waals surface area contributed by atoms with Gasteiger partial charge in [0.15, 0.2) is 0 Å². The summed E-state index contributed by atoms with van der Waals surface area (Å²) in [5.74, 6) is -0.0950. The Morgan fingerprint density at radius 3 is 2.22 bits per heavy atom. The first-order valence-electron chi connectivity index (χ1n) is 9.36. The minimum absolute atomic E-state index is 0.0950. The van der Waals surface area contributed by atoms with Gasteiger partial charge in [0.2, 0.25) is 10.0 Å². The number of amides is 1. The Morgan fingerprint density at radius 1 is 1.00 bits per heavy atom. The van der Waals surface area contributed by atoms with Gasteiger partial charge in [-0.3, -0.25) is 9.10 Å². The second-order valence-corrected chi connectivity index (χ2v) is 9.02. The molecule has 1 aliphatic carbocycles. The van der Waals surface area contributed by atoms with Crippen molar-refractivity contribution in [3.63, 3.8) is 0 Å². The average molecular weight is 387 g/mol. The fourth-order valence-electron chi connectivity index (χ4n) is 3.44. The normalized spacial score (nSPS) is 15.3. The maximum Gasteiger partial charge on any atom is 0.251 e. The Morgan fingerprint density at radius 2 is 1.63 bits per heavy atom. The number of anilines is 1. The molecule has 1 N–H and O–H groups in total. The molecule has 2 aromatic carbocycles. The Labute approximate surface area is 161 Å². The van der Waals surface area contributed by atoms with E-state index in [0.29, 0.717) is 11.3 Å². The summed E-state index contributed by atoms with van der Waals surface area (Å²) in [6.45, 7) is 0.257. The van der Waals surface area contributed by atoms with Crippen molar-refractivity contribution >= 4 is 21.6 Å². The first kappa shape index (κ1) is 19.4.